The Hall–Kier alpha value is -4.55. The molecule has 12 heteroatoms. The van der Waals surface area contributed by atoms with Crippen LogP contribution in [0.4, 0.5) is 0 Å². The molecule has 0 heterocycles. The van der Waals surface area contributed by atoms with Gasteiger partial charge in [0.1, 0.15) is 6.10 Å². The van der Waals surface area contributed by atoms with E-state index in [1.54, 1.807) is 0 Å². The summed E-state index contributed by atoms with van der Waals surface area (Å²) in [6, 6.07) is 7.50. The van der Waals surface area contributed by atoms with Crippen molar-refractivity contribution in [1.29, 1.82) is 0 Å². The normalized spacial score (nSPS) is 23.7. The Balaban J connectivity index is 1.75. The first-order valence-electron chi connectivity index (χ1n) is 10.8. The molecule has 0 aliphatic heterocycles. The van der Waals surface area contributed by atoms with Crippen LogP contribution in [0.5, 0.6) is 23.0 Å². The topological polar surface area (TPSA) is 211 Å². The summed E-state index contributed by atoms with van der Waals surface area (Å²) in [4.78, 5) is 36.3. The van der Waals surface area contributed by atoms with Crippen LogP contribution in [0, 0.1) is 0 Å². The number of carbonyl (C=O) groups excluding carboxylic acids is 2. The lowest BCUT2D eigenvalue weighted by Gasteiger charge is -2.40. The van der Waals surface area contributed by atoms with Crippen molar-refractivity contribution in [1.82, 2.24) is 0 Å². The number of aliphatic hydroxyl groups is 2. The van der Waals surface area contributed by atoms with E-state index in [1.807, 2.05) is 0 Å². The van der Waals surface area contributed by atoms with Crippen LogP contribution in [-0.4, -0.2) is 77.6 Å². The predicted octanol–water partition coefficient (Wildman–Crippen LogP) is 1.03. The number of aliphatic hydroxyl groups excluding tert-OH is 1. The van der Waals surface area contributed by atoms with E-state index >= 15 is 0 Å². The highest BCUT2D eigenvalue weighted by atomic mass is 16.6. The molecule has 2 aromatic rings. The number of carbonyl (C=O) groups is 3. The third-order valence-electron chi connectivity index (χ3n) is 5.57. The van der Waals surface area contributed by atoms with E-state index in [9.17, 15) is 50.1 Å². The molecule has 3 rings (SSSR count). The molecule has 0 spiro atoms. The predicted molar refractivity (Wildman–Crippen MR) is 125 cm³/mol. The molecular formula is C25H24O12. The molecule has 1 fully saturated rings. The summed E-state index contributed by atoms with van der Waals surface area (Å²) in [6.45, 7) is 0. The minimum Gasteiger partial charge on any atom is -0.504 e. The van der Waals surface area contributed by atoms with Crippen molar-refractivity contribution < 1.29 is 59.6 Å². The third-order valence-corrected chi connectivity index (χ3v) is 5.57. The van der Waals surface area contributed by atoms with Crippen molar-refractivity contribution in [2.75, 3.05) is 0 Å². The fraction of sp³-hybridized carbons (Fsp3) is 0.240. The number of hydrogen-bond acceptors (Lipinski definition) is 11. The van der Waals surface area contributed by atoms with E-state index in [-0.39, 0.29) is 11.5 Å². The van der Waals surface area contributed by atoms with Gasteiger partial charge < -0.3 is 45.2 Å². The monoisotopic (exact) mass is 516 g/mol. The number of benzene rings is 2. The van der Waals surface area contributed by atoms with Crippen LogP contribution in [0.3, 0.4) is 0 Å². The van der Waals surface area contributed by atoms with Crippen molar-refractivity contribution in [2.45, 2.75) is 36.8 Å². The number of aliphatic carboxylic acids is 1. The summed E-state index contributed by atoms with van der Waals surface area (Å²) in [7, 11) is 0. The molecule has 37 heavy (non-hydrogen) atoms. The van der Waals surface area contributed by atoms with Gasteiger partial charge in [-0.25, -0.2) is 14.4 Å². The lowest BCUT2D eigenvalue weighted by Crippen LogP contribution is -2.58. The highest BCUT2D eigenvalue weighted by Gasteiger charge is 2.52. The standard InChI is InChI=1S/C25H24O12/c26-15-5-1-13(9-17(15)28)3-7-21(31)36-20-12-25(35,24(33)34)11-19(30)23(20)37-22(32)8-4-14-2-6-16(27)18(29)10-14/h1-10,19-20,23,26-30,35H,11-12H2,(H,33,34)/t19?,20?,23?,25-/m1/s1. The maximum Gasteiger partial charge on any atom is 0.335 e. The van der Waals surface area contributed by atoms with Crippen LogP contribution in [0.1, 0.15) is 24.0 Å². The zero-order valence-electron chi connectivity index (χ0n) is 19.1. The molecular weight excluding hydrogens is 492 g/mol. The highest BCUT2D eigenvalue weighted by Crippen LogP contribution is 2.33. The first-order chi connectivity index (χ1) is 17.4. The van der Waals surface area contributed by atoms with Crippen molar-refractivity contribution in [3.05, 3.63) is 59.7 Å². The molecule has 7 N–H and O–H groups in total. The van der Waals surface area contributed by atoms with E-state index in [4.69, 9.17) is 9.47 Å². The number of aromatic hydroxyl groups is 4. The molecule has 0 saturated heterocycles. The molecule has 0 radical (unpaired) electrons. The summed E-state index contributed by atoms with van der Waals surface area (Å²) in [5, 5.41) is 68.0. The molecule has 12 nitrogen and oxygen atoms in total. The van der Waals surface area contributed by atoms with Gasteiger partial charge in [0.2, 0.25) is 0 Å². The Morgan fingerprint density at radius 2 is 1.27 bits per heavy atom. The van der Waals surface area contributed by atoms with Crippen LogP contribution < -0.4 is 0 Å². The molecule has 0 aromatic heterocycles. The zero-order valence-corrected chi connectivity index (χ0v) is 19.1. The van der Waals surface area contributed by atoms with E-state index in [1.165, 1.54) is 42.5 Å². The zero-order chi connectivity index (χ0) is 27.3. The maximum absolute atomic E-state index is 12.4. The second kappa shape index (κ2) is 11.0. The Morgan fingerprint density at radius 1 is 0.784 bits per heavy atom. The molecule has 1 aliphatic rings. The molecule has 1 saturated carbocycles. The molecule has 0 bridgehead atoms. The fourth-order valence-electron chi connectivity index (χ4n) is 3.66. The van der Waals surface area contributed by atoms with Gasteiger partial charge in [-0.05, 0) is 47.5 Å². The lowest BCUT2D eigenvalue weighted by molar-refractivity contribution is -0.204. The molecule has 196 valence electrons. The van der Waals surface area contributed by atoms with E-state index in [2.05, 4.69) is 0 Å². The average molecular weight is 516 g/mol. The van der Waals surface area contributed by atoms with Gasteiger partial charge >= 0.3 is 17.9 Å². The average Bonchev–Trinajstić information content (AvgIpc) is 2.82. The summed E-state index contributed by atoms with van der Waals surface area (Å²) in [5.74, 6) is -5.29. The van der Waals surface area contributed by atoms with Gasteiger partial charge in [-0.3, -0.25) is 0 Å². The Labute approximate surface area is 209 Å². The van der Waals surface area contributed by atoms with Crippen molar-refractivity contribution in [3.63, 3.8) is 0 Å². The van der Waals surface area contributed by atoms with Gasteiger partial charge in [0, 0.05) is 25.0 Å². The summed E-state index contributed by atoms with van der Waals surface area (Å²) in [5.41, 5.74) is -1.82. The molecule has 1 aliphatic carbocycles. The van der Waals surface area contributed by atoms with E-state index in [0.29, 0.717) is 11.1 Å². The quantitative estimate of drug-likeness (QED) is 0.156. The number of carboxylic acids is 1. The molecule has 4 atom stereocenters. The van der Waals surface area contributed by atoms with Gasteiger partial charge in [0.25, 0.3) is 0 Å². The third kappa shape index (κ3) is 6.78. The number of phenols is 4. The van der Waals surface area contributed by atoms with Gasteiger partial charge in [-0.1, -0.05) is 12.1 Å². The van der Waals surface area contributed by atoms with Gasteiger partial charge in [-0.15, -0.1) is 0 Å². The van der Waals surface area contributed by atoms with Crippen molar-refractivity contribution in [3.8, 4) is 23.0 Å². The Kier molecular flexibility index (Phi) is 8.05. The number of carboxylic acid groups (broad SMARTS) is 1. The lowest BCUT2D eigenvalue weighted by atomic mass is 9.79. The van der Waals surface area contributed by atoms with Crippen LogP contribution in [-0.2, 0) is 23.9 Å². The number of hydrogen-bond donors (Lipinski definition) is 7. The van der Waals surface area contributed by atoms with Gasteiger partial charge in [0.15, 0.2) is 34.7 Å². The largest absolute Gasteiger partial charge is 0.504 e. The SMILES string of the molecule is O=C(C=Cc1ccc(O)c(O)c1)OC1C[C@@](O)(C(=O)O)CC(O)C1OC(=O)C=Cc1ccc(O)c(O)c1. The van der Waals surface area contributed by atoms with Crippen LogP contribution >= 0.6 is 0 Å². The molecule has 3 unspecified atom stereocenters. The minimum absolute atomic E-state index is 0.311. The second-order valence-electron chi connectivity index (χ2n) is 8.35. The fourth-order valence-corrected chi connectivity index (χ4v) is 3.66. The maximum atomic E-state index is 12.4. The number of phenolic OH excluding ortho intramolecular Hbond substituents is 4. The summed E-state index contributed by atoms with van der Waals surface area (Å²) < 4.78 is 10.4. The molecule has 0 amide bonds. The number of rotatable bonds is 7. The first-order valence-corrected chi connectivity index (χ1v) is 10.8. The van der Waals surface area contributed by atoms with E-state index < -0.39 is 66.2 Å². The summed E-state index contributed by atoms with van der Waals surface area (Å²) >= 11 is 0. The first kappa shape index (κ1) is 27.0. The number of ether oxygens (including phenoxy) is 2. The summed E-state index contributed by atoms with van der Waals surface area (Å²) in [6.07, 6.45) is -1.86. The Morgan fingerprint density at radius 3 is 1.73 bits per heavy atom. The number of esters is 2. The second-order valence-corrected chi connectivity index (χ2v) is 8.35. The smallest absolute Gasteiger partial charge is 0.335 e. The van der Waals surface area contributed by atoms with Gasteiger partial charge in [0.05, 0.1) is 6.10 Å². The van der Waals surface area contributed by atoms with Gasteiger partial charge in [-0.2, -0.15) is 0 Å². The van der Waals surface area contributed by atoms with Crippen LogP contribution in [0.2, 0.25) is 0 Å². The van der Waals surface area contributed by atoms with E-state index in [0.717, 1.165) is 18.2 Å². The van der Waals surface area contributed by atoms with Crippen LogP contribution in [0.15, 0.2) is 48.6 Å². The van der Waals surface area contributed by atoms with Crippen molar-refractivity contribution >= 4 is 30.1 Å². The Bertz CT molecular complexity index is 1250. The minimum atomic E-state index is -2.46. The molecule has 2 aromatic carbocycles. The van der Waals surface area contributed by atoms with Crippen molar-refractivity contribution in [2.24, 2.45) is 0 Å². The highest BCUT2D eigenvalue weighted by molar-refractivity contribution is 5.88. The van der Waals surface area contributed by atoms with Crippen LogP contribution in [0.25, 0.3) is 12.2 Å².